The maximum atomic E-state index is 10.2. The van der Waals surface area contributed by atoms with Crippen LogP contribution in [0.3, 0.4) is 0 Å². The highest BCUT2D eigenvalue weighted by atomic mass is 79.9. The SMILES string of the molecule is O=C(O)CSCc1cncc(Br)c1. The molecule has 5 heteroatoms. The normalized spacial score (nSPS) is 9.92. The van der Waals surface area contributed by atoms with Crippen LogP contribution in [0.5, 0.6) is 0 Å². The number of hydrogen-bond acceptors (Lipinski definition) is 3. The van der Waals surface area contributed by atoms with Crippen LogP contribution in [-0.4, -0.2) is 21.8 Å². The second kappa shape index (κ2) is 5.24. The molecule has 0 unspecified atom stereocenters. The van der Waals surface area contributed by atoms with E-state index < -0.39 is 5.97 Å². The van der Waals surface area contributed by atoms with Gasteiger partial charge in [-0.15, -0.1) is 11.8 Å². The van der Waals surface area contributed by atoms with Crippen LogP contribution in [0.1, 0.15) is 5.56 Å². The van der Waals surface area contributed by atoms with Crippen molar-refractivity contribution >= 4 is 33.7 Å². The smallest absolute Gasteiger partial charge is 0.313 e. The molecule has 0 spiro atoms. The van der Waals surface area contributed by atoms with Gasteiger partial charge in [0.05, 0.1) is 5.75 Å². The third-order valence-corrected chi connectivity index (χ3v) is 2.68. The van der Waals surface area contributed by atoms with Crippen molar-refractivity contribution in [3.05, 3.63) is 28.5 Å². The van der Waals surface area contributed by atoms with Gasteiger partial charge in [-0.05, 0) is 27.6 Å². The minimum atomic E-state index is -0.784. The van der Waals surface area contributed by atoms with Crippen molar-refractivity contribution in [1.29, 1.82) is 0 Å². The summed E-state index contributed by atoms with van der Waals surface area (Å²) in [5, 5.41) is 8.40. The number of rotatable bonds is 4. The molecule has 1 N–H and O–H groups in total. The molecule has 1 heterocycles. The number of aliphatic carboxylic acids is 1. The van der Waals surface area contributed by atoms with Gasteiger partial charge in [-0.2, -0.15) is 0 Å². The Morgan fingerprint density at radius 2 is 2.38 bits per heavy atom. The predicted molar refractivity (Wildman–Crippen MR) is 55.7 cm³/mol. The van der Waals surface area contributed by atoms with Crippen LogP contribution in [0, 0.1) is 0 Å². The molecule has 0 radical (unpaired) electrons. The van der Waals surface area contributed by atoms with Crippen molar-refractivity contribution in [2.75, 3.05) is 5.75 Å². The zero-order valence-corrected chi connectivity index (χ0v) is 9.14. The standard InChI is InChI=1S/C8H8BrNO2S/c9-7-1-6(2-10-3-7)4-13-5-8(11)12/h1-3H,4-5H2,(H,11,12). The quantitative estimate of drug-likeness (QED) is 0.903. The topological polar surface area (TPSA) is 50.2 Å². The van der Waals surface area contributed by atoms with E-state index in [-0.39, 0.29) is 5.75 Å². The zero-order valence-electron chi connectivity index (χ0n) is 6.74. The molecule has 0 fully saturated rings. The van der Waals surface area contributed by atoms with Crippen molar-refractivity contribution in [3.63, 3.8) is 0 Å². The van der Waals surface area contributed by atoms with Gasteiger partial charge in [0.25, 0.3) is 0 Å². The number of nitrogens with zero attached hydrogens (tertiary/aromatic N) is 1. The van der Waals surface area contributed by atoms with Gasteiger partial charge in [-0.1, -0.05) is 0 Å². The van der Waals surface area contributed by atoms with Crippen LogP contribution in [0.15, 0.2) is 22.9 Å². The van der Waals surface area contributed by atoms with Crippen molar-refractivity contribution < 1.29 is 9.90 Å². The first-order valence-electron chi connectivity index (χ1n) is 3.57. The Morgan fingerprint density at radius 3 is 3.00 bits per heavy atom. The summed E-state index contributed by atoms with van der Waals surface area (Å²) in [5.41, 5.74) is 1.03. The van der Waals surface area contributed by atoms with Crippen molar-refractivity contribution in [3.8, 4) is 0 Å². The number of aromatic nitrogens is 1. The van der Waals surface area contributed by atoms with Crippen molar-refractivity contribution in [1.82, 2.24) is 4.98 Å². The second-order valence-electron chi connectivity index (χ2n) is 2.40. The van der Waals surface area contributed by atoms with E-state index in [9.17, 15) is 4.79 Å². The minimum absolute atomic E-state index is 0.131. The molecule has 1 aromatic heterocycles. The van der Waals surface area contributed by atoms with Crippen molar-refractivity contribution in [2.45, 2.75) is 5.75 Å². The molecule has 0 amide bonds. The number of pyridine rings is 1. The van der Waals surface area contributed by atoms with Gasteiger partial charge in [-0.3, -0.25) is 9.78 Å². The predicted octanol–water partition coefficient (Wildman–Crippen LogP) is 2.16. The number of carboxylic acid groups (broad SMARTS) is 1. The van der Waals surface area contributed by atoms with E-state index in [1.807, 2.05) is 6.07 Å². The molecule has 13 heavy (non-hydrogen) atoms. The Labute approximate surface area is 88.7 Å². The molecule has 0 aliphatic carbocycles. The molecule has 0 bridgehead atoms. The minimum Gasteiger partial charge on any atom is -0.481 e. The third kappa shape index (κ3) is 4.28. The number of hydrogen-bond donors (Lipinski definition) is 1. The Kier molecular flexibility index (Phi) is 4.24. The lowest BCUT2D eigenvalue weighted by atomic mass is 10.3. The fourth-order valence-corrected chi connectivity index (χ4v) is 1.87. The van der Waals surface area contributed by atoms with E-state index >= 15 is 0 Å². The Hall–Kier alpha value is -0.550. The molecule has 3 nitrogen and oxygen atoms in total. The Bertz CT molecular complexity index is 306. The summed E-state index contributed by atoms with van der Waals surface area (Å²) in [5.74, 6) is 0.0265. The molecule has 1 rings (SSSR count). The van der Waals surface area contributed by atoms with Crippen LogP contribution in [-0.2, 0) is 10.5 Å². The monoisotopic (exact) mass is 261 g/mol. The van der Waals surface area contributed by atoms with Crippen LogP contribution >= 0.6 is 27.7 Å². The summed E-state index contributed by atoms with van der Waals surface area (Å²) in [7, 11) is 0. The first-order chi connectivity index (χ1) is 6.18. The number of halogens is 1. The van der Waals surface area contributed by atoms with Crippen LogP contribution in [0.4, 0.5) is 0 Å². The van der Waals surface area contributed by atoms with Gasteiger partial charge in [0.15, 0.2) is 0 Å². The van der Waals surface area contributed by atoms with Crippen LogP contribution in [0.2, 0.25) is 0 Å². The van der Waals surface area contributed by atoms with Crippen molar-refractivity contribution in [2.24, 2.45) is 0 Å². The van der Waals surface area contributed by atoms with E-state index in [0.717, 1.165) is 10.0 Å². The summed E-state index contributed by atoms with van der Waals surface area (Å²) in [6.45, 7) is 0. The molecule has 0 aliphatic rings. The highest BCUT2D eigenvalue weighted by molar-refractivity contribution is 9.10. The average Bonchev–Trinajstić information content (AvgIpc) is 2.03. The molecule has 0 aromatic carbocycles. The van der Waals surface area contributed by atoms with E-state index in [4.69, 9.17) is 5.11 Å². The molecule has 70 valence electrons. The fourth-order valence-electron chi connectivity index (χ4n) is 0.791. The first-order valence-corrected chi connectivity index (χ1v) is 5.52. The second-order valence-corrected chi connectivity index (χ2v) is 4.30. The Morgan fingerprint density at radius 1 is 1.62 bits per heavy atom. The van der Waals surface area contributed by atoms with E-state index in [1.54, 1.807) is 12.4 Å². The number of carboxylic acids is 1. The van der Waals surface area contributed by atoms with Gasteiger partial charge in [0.1, 0.15) is 0 Å². The maximum Gasteiger partial charge on any atom is 0.313 e. The molecular weight excluding hydrogens is 254 g/mol. The van der Waals surface area contributed by atoms with Crippen LogP contribution < -0.4 is 0 Å². The fraction of sp³-hybridized carbons (Fsp3) is 0.250. The lowest BCUT2D eigenvalue weighted by Crippen LogP contribution is -1.98. The average molecular weight is 262 g/mol. The van der Waals surface area contributed by atoms with E-state index in [1.165, 1.54) is 11.8 Å². The largest absolute Gasteiger partial charge is 0.481 e. The lowest BCUT2D eigenvalue weighted by Gasteiger charge is -1.98. The first kappa shape index (κ1) is 10.5. The highest BCUT2D eigenvalue weighted by Crippen LogP contribution is 2.15. The van der Waals surface area contributed by atoms with Gasteiger partial charge >= 0.3 is 5.97 Å². The zero-order chi connectivity index (χ0) is 9.68. The molecule has 0 atom stereocenters. The summed E-state index contributed by atoms with van der Waals surface area (Å²) >= 11 is 4.66. The number of thioether (sulfide) groups is 1. The molecule has 0 aliphatic heterocycles. The summed E-state index contributed by atoms with van der Waals surface area (Å²) in [4.78, 5) is 14.2. The van der Waals surface area contributed by atoms with Gasteiger partial charge in [-0.25, -0.2) is 0 Å². The maximum absolute atomic E-state index is 10.2. The summed E-state index contributed by atoms with van der Waals surface area (Å²) in [6.07, 6.45) is 3.44. The highest BCUT2D eigenvalue weighted by Gasteiger charge is 1.99. The molecule has 1 aromatic rings. The summed E-state index contributed by atoms with van der Waals surface area (Å²) < 4.78 is 0.918. The van der Waals surface area contributed by atoms with E-state index in [0.29, 0.717) is 5.75 Å². The van der Waals surface area contributed by atoms with Gasteiger partial charge in [0.2, 0.25) is 0 Å². The Balaban J connectivity index is 2.41. The summed E-state index contributed by atoms with van der Waals surface area (Å²) in [6, 6.07) is 1.93. The number of carbonyl (C=O) groups is 1. The van der Waals surface area contributed by atoms with Crippen LogP contribution in [0.25, 0.3) is 0 Å². The van der Waals surface area contributed by atoms with Gasteiger partial charge in [0, 0.05) is 22.6 Å². The lowest BCUT2D eigenvalue weighted by molar-refractivity contribution is -0.133. The van der Waals surface area contributed by atoms with E-state index in [2.05, 4.69) is 20.9 Å². The van der Waals surface area contributed by atoms with Gasteiger partial charge < -0.3 is 5.11 Å². The molecule has 0 saturated carbocycles. The molecular formula is C8H8BrNO2S. The molecule has 0 saturated heterocycles. The third-order valence-electron chi connectivity index (χ3n) is 1.26.